The smallest absolute Gasteiger partial charge is 0.197 e. The molecule has 0 radical (unpaired) electrons. The molecule has 0 unspecified atom stereocenters. The first-order valence-corrected chi connectivity index (χ1v) is 6.19. The van der Waals surface area contributed by atoms with Gasteiger partial charge in [0.2, 0.25) is 0 Å². The highest BCUT2D eigenvalue weighted by molar-refractivity contribution is 6.35. The van der Waals surface area contributed by atoms with E-state index >= 15 is 0 Å². The van der Waals surface area contributed by atoms with E-state index in [0.717, 1.165) is 6.07 Å². The number of rotatable bonds is 4. The molecule has 0 saturated carbocycles. The molecule has 0 aromatic heterocycles. The van der Waals surface area contributed by atoms with Crippen molar-refractivity contribution in [1.29, 1.82) is 0 Å². The average Bonchev–Trinajstić information content (AvgIpc) is 2.54. The highest BCUT2D eigenvalue weighted by atomic mass is 35.5. The van der Waals surface area contributed by atoms with Crippen LogP contribution in [0.1, 0.15) is 47.6 Å². The van der Waals surface area contributed by atoms with Gasteiger partial charge in [-0.1, -0.05) is 54.9 Å². The van der Waals surface area contributed by atoms with Crippen LogP contribution in [0.15, 0.2) is 42.5 Å². The Bertz CT molecular complexity index is 795. The van der Waals surface area contributed by atoms with Gasteiger partial charge in [0.1, 0.15) is 5.82 Å². The lowest BCUT2D eigenvalue weighted by molar-refractivity contribution is 0.103. The summed E-state index contributed by atoms with van der Waals surface area (Å²) in [6, 6.07) is 8.33. The van der Waals surface area contributed by atoms with Gasteiger partial charge in [0.25, 0.3) is 0 Å². The fourth-order valence-corrected chi connectivity index (χ4v) is 2.06. The minimum atomic E-state index is -3.07. The fraction of sp³-hybridized carbons (Fsp3) is 0.188. The van der Waals surface area contributed by atoms with Crippen molar-refractivity contribution in [2.24, 2.45) is 5.73 Å². The molecular formula is C16H15ClFNO. The maximum atomic E-state index is 14.9. The van der Waals surface area contributed by atoms with Crippen LogP contribution in [0.4, 0.5) is 4.39 Å². The van der Waals surface area contributed by atoms with Gasteiger partial charge in [-0.2, -0.15) is 0 Å². The second kappa shape index (κ2) is 6.16. The number of benzene rings is 2. The van der Waals surface area contributed by atoms with Gasteiger partial charge in [-0.05, 0) is 12.4 Å². The molecule has 4 heteroatoms. The molecule has 104 valence electrons. The largest absolute Gasteiger partial charge is 0.324 e. The molecule has 2 N–H and O–H groups in total. The van der Waals surface area contributed by atoms with E-state index in [1.807, 2.05) is 0 Å². The lowest BCUT2D eigenvalue weighted by atomic mass is 9.97. The van der Waals surface area contributed by atoms with Crippen molar-refractivity contribution >= 4 is 17.4 Å². The Hall–Kier alpha value is -1.71. The summed E-state index contributed by atoms with van der Waals surface area (Å²) in [6.45, 7) is -3.07. The van der Waals surface area contributed by atoms with E-state index in [-0.39, 0.29) is 10.6 Å². The highest BCUT2D eigenvalue weighted by Crippen LogP contribution is 2.28. The Morgan fingerprint density at radius 1 is 1.40 bits per heavy atom. The van der Waals surface area contributed by atoms with Gasteiger partial charge < -0.3 is 5.73 Å². The van der Waals surface area contributed by atoms with Crippen LogP contribution in [0.25, 0.3) is 0 Å². The third-order valence-corrected chi connectivity index (χ3v) is 3.19. The SMILES string of the molecule is [2H]C([2H])([2H])C([2H])([2H])[C@@H](N)c1ccc(Cl)c(C(=O)c2ccccc2)c1F. The summed E-state index contributed by atoms with van der Waals surface area (Å²) in [7, 11) is 0. The molecule has 0 spiro atoms. The first kappa shape index (κ1) is 9.27. The monoisotopic (exact) mass is 296 g/mol. The summed E-state index contributed by atoms with van der Waals surface area (Å²) < 4.78 is 52.1. The van der Waals surface area contributed by atoms with Gasteiger partial charge in [0, 0.05) is 24.0 Å². The predicted octanol–water partition coefficient (Wildman–Crippen LogP) is 4.12. The van der Waals surface area contributed by atoms with E-state index in [0.29, 0.717) is 0 Å². The van der Waals surface area contributed by atoms with Gasteiger partial charge in [-0.25, -0.2) is 4.39 Å². The minimum absolute atomic E-state index is 0.170. The van der Waals surface area contributed by atoms with E-state index in [1.165, 1.54) is 18.2 Å². The van der Waals surface area contributed by atoms with Crippen LogP contribution in [0, 0.1) is 5.82 Å². The molecule has 0 aliphatic heterocycles. The summed E-state index contributed by atoms with van der Waals surface area (Å²) in [5.74, 6) is -1.83. The molecule has 0 bridgehead atoms. The zero-order valence-corrected chi connectivity index (χ0v) is 11.1. The Morgan fingerprint density at radius 3 is 2.75 bits per heavy atom. The predicted molar refractivity (Wildman–Crippen MR) is 78.5 cm³/mol. The van der Waals surface area contributed by atoms with Crippen molar-refractivity contribution < 1.29 is 16.0 Å². The molecule has 0 amide bonds. The van der Waals surface area contributed by atoms with Crippen LogP contribution < -0.4 is 5.73 Å². The normalized spacial score (nSPS) is 17.2. The Balaban J connectivity index is 2.56. The number of nitrogens with two attached hydrogens (primary N) is 1. The van der Waals surface area contributed by atoms with E-state index in [1.54, 1.807) is 18.2 Å². The number of carbonyl (C=O) groups excluding carboxylic acids is 1. The second-order valence-electron chi connectivity index (χ2n) is 4.14. The third-order valence-electron chi connectivity index (χ3n) is 2.87. The van der Waals surface area contributed by atoms with Crippen molar-refractivity contribution in [2.75, 3.05) is 0 Å². The zero-order chi connectivity index (χ0) is 19.0. The minimum Gasteiger partial charge on any atom is -0.324 e. The van der Waals surface area contributed by atoms with Crippen LogP contribution >= 0.6 is 11.6 Å². The Kier molecular flexibility index (Phi) is 2.85. The van der Waals surface area contributed by atoms with Gasteiger partial charge in [0.05, 0.1) is 10.6 Å². The summed E-state index contributed by atoms with van der Waals surface area (Å²) >= 11 is 5.95. The molecule has 0 saturated heterocycles. The van der Waals surface area contributed by atoms with Gasteiger partial charge in [0.15, 0.2) is 5.78 Å². The number of hydrogen-bond donors (Lipinski definition) is 1. The Morgan fingerprint density at radius 2 is 2.10 bits per heavy atom. The molecule has 20 heavy (non-hydrogen) atoms. The van der Waals surface area contributed by atoms with Crippen molar-refractivity contribution in [3.63, 3.8) is 0 Å². The van der Waals surface area contributed by atoms with Crippen molar-refractivity contribution in [3.05, 3.63) is 70.0 Å². The van der Waals surface area contributed by atoms with E-state index in [9.17, 15) is 9.18 Å². The molecule has 2 aromatic carbocycles. The molecule has 0 aliphatic rings. The molecule has 2 aromatic rings. The maximum absolute atomic E-state index is 14.9. The van der Waals surface area contributed by atoms with E-state index in [4.69, 9.17) is 24.2 Å². The number of halogens is 2. The first-order valence-electron chi connectivity index (χ1n) is 8.31. The molecule has 0 heterocycles. The lowest BCUT2D eigenvalue weighted by Crippen LogP contribution is -2.14. The van der Waals surface area contributed by atoms with Crippen molar-refractivity contribution in [3.8, 4) is 0 Å². The van der Waals surface area contributed by atoms with Crippen LogP contribution in [0.5, 0.6) is 0 Å². The summed E-state index contributed by atoms with van der Waals surface area (Å²) in [6.07, 6.45) is -2.89. The standard InChI is InChI=1S/C16H15ClFNO/c1-2-13(19)11-8-9-12(17)14(15(11)18)16(20)10-6-4-3-5-7-10/h3-9,13H,2,19H2,1H3/t13-/m1/s1/i1D3,2D2. The second-order valence-corrected chi connectivity index (χ2v) is 4.55. The van der Waals surface area contributed by atoms with Crippen LogP contribution in [0.3, 0.4) is 0 Å². The maximum Gasteiger partial charge on any atom is 0.197 e. The highest BCUT2D eigenvalue weighted by Gasteiger charge is 2.22. The van der Waals surface area contributed by atoms with Crippen LogP contribution in [-0.4, -0.2) is 5.78 Å². The van der Waals surface area contributed by atoms with Gasteiger partial charge >= 0.3 is 0 Å². The quantitative estimate of drug-likeness (QED) is 0.862. The lowest BCUT2D eigenvalue weighted by Gasteiger charge is -2.14. The average molecular weight is 297 g/mol. The number of hydrogen-bond acceptors (Lipinski definition) is 2. The molecule has 1 atom stereocenters. The molecule has 2 rings (SSSR count). The van der Waals surface area contributed by atoms with Gasteiger partial charge in [-0.15, -0.1) is 0 Å². The zero-order valence-electron chi connectivity index (χ0n) is 15.4. The van der Waals surface area contributed by atoms with Crippen molar-refractivity contribution in [2.45, 2.75) is 19.3 Å². The number of carbonyl (C=O) groups is 1. The van der Waals surface area contributed by atoms with E-state index < -0.39 is 42.0 Å². The van der Waals surface area contributed by atoms with Gasteiger partial charge in [-0.3, -0.25) is 4.79 Å². The summed E-state index contributed by atoms with van der Waals surface area (Å²) in [5.41, 5.74) is 4.98. The summed E-state index contributed by atoms with van der Waals surface area (Å²) in [5, 5.41) is -0.170. The molecule has 2 nitrogen and oxygen atoms in total. The van der Waals surface area contributed by atoms with Crippen LogP contribution in [-0.2, 0) is 0 Å². The molecule has 0 aliphatic carbocycles. The topological polar surface area (TPSA) is 43.1 Å². The van der Waals surface area contributed by atoms with Crippen molar-refractivity contribution in [1.82, 2.24) is 0 Å². The summed E-state index contributed by atoms with van der Waals surface area (Å²) in [4.78, 5) is 12.5. The third kappa shape index (κ3) is 2.74. The Labute approximate surface area is 129 Å². The van der Waals surface area contributed by atoms with E-state index in [2.05, 4.69) is 0 Å². The van der Waals surface area contributed by atoms with Crippen LogP contribution in [0.2, 0.25) is 5.02 Å². The number of ketones is 1. The fourth-order valence-electron chi connectivity index (χ4n) is 1.83. The molecule has 0 fully saturated rings. The molecular weight excluding hydrogens is 277 g/mol. The first-order chi connectivity index (χ1) is 11.5.